The van der Waals surface area contributed by atoms with Crippen LogP contribution >= 0.6 is 11.8 Å². The number of thioether (sulfide) groups is 1. The number of carbonyl (C=O) groups is 2. The zero-order valence-electron chi connectivity index (χ0n) is 15.9. The van der Waals surface area contributed by atoms with Crippen molar-refractivity contribution in [3.63, 3.8) is 0 Å². The fraction of sp³-hybridized carbons (Fsp3) is 0.364. The molecule has 0 unspecified atom stereocenters. The molecule has 2 heterocycles. The average Bonchev–Trinajstić information content (AvgIpc) is 3.18. The Balaban J connectivity index is 1.56. The van der Waals surface area contributed by atoms with Crippen LogP contribution in [0.4, 0.5) is 11.4 Å². The number of carbonyl (C=O) groups excluding carboxylic acids is 2. The molecule has 2 aliphatic heterocycles. The maximum Gasteiger partial charge on any atom is 0.258 e. The number of para-hydroxylation sites is 1. The standard InChI is InChI=1S/C22H24N2O3S/c1-15-11-12-24(18-8-2-3-10-20(18)28-15)22(26)16-6-4-7-17(14-16)23-21(25)19-9-5-13-27-19/h2-4,6-8,10,14-15,19H,5,9,11-13H2,1H3,(H,23,25)/t15-,19-/m0/s1. The molecule has 0 bridgehead atoms. The van der Waals surface area contributed by atoms with Crippen molar-refractivity contribution in [3.05, 3.63) is 54.1 Å². The van der Waals surface area contributed by atoms with Crippen LogP contribution in [-0.4, -0.2) is 36.3 Å². The van der Waals surface area contributed by atoms with Crippen LogP contribution in [0.2, 0.25) is 0 Å². The van der Waals surface area contributed by atoms with Gasteiger partial charge in [-0.15, -0.1) is 11.8 Å². The molecule has 2 amide bonds. The molecule has 1 fully saturated rings. The number of fused-ring (bicyclic) bond motifs is 1. The Labute approximate surface area is 169 Å². The van der Waals surface area contributed by atoms with E-state index in [1.54, 1.807) is 24.3 Å². The Morgan fingerprint density at radius 2 is 2.00 bits per heavy atom. The molecular weight excluding hydrogens is 372 g/mol. The molecule has 5 nitrogen and oxygen atoms in total. The smallest absolute Gasteiger partial charge is 0.258 e. The van der Waals surface area contributed by atoms with Gasteiger partial charge in [0.05, 0.1) is 5.69 Å². The first-order valence-electron chi connectivity index (χ1n) is 9.72. The van der Waals surface area contributed by atoms with Gasteiger partial charge in [-0.25, -0.2) is 0 Å². The Morgan fingerprint density at radius 3 is 2.82 bits per heavy atom. The number of nitrogens with one attached hydrogen (secondary N) is 1. The largest absolute Gasteiger partial charge is 0.368 e. The highest BCUT2D eigenvalue weighted by Gasteiger charge is 2.26. The first kappa shape index (κ1) is 19.0. The minimum absolute atomic E-state index is 0.0460. The molecule has 146 valence electrons. The number of benzene rings is 2. The minimum atomic E-state index is -0.393. The van der Waals surface area contributed by atoms with E-state index in [9.17, 15) is 9.59 Å². The molecule has 0 saturated carbocycles. The molecule has 2 aromatic carbocycles. The van der Waals surface area contributed by atoms with E-state index in [-0.39, 0.29) is 11.8 Å². The molecule has 0 aromatic heterocycles. The van der Waals surface area contributed by atoms with Crippen molar-refractivity contribution < 1.29 is 14.3 Å². The minimum Gasteiger partial charge on any atom is -0.368 e. The SMILES string of the molecule is C[C@H]1CCN(C(=O)c2cccc(NC(=O)[C@@H]3CCCO3)c2)c2ccccc2S1. The summed E-state index contributed by atoms with van der Waals surface area (Å²) in [6, 6.07) is 15.2. The third-order valence-electron chi connectivity index (χ3n) is 5.09. The normalized spacial score (nSPS) is 21.7. The van der Waals surface area contributed by atoms with E-state index in [1.807, 2.05) is 34.9 Å². The van der Waals surface area contributed by atoms with Gasteiger partial charge in [-0.3, -0.25) is 9.59 Å². The predicted molar refractivity (Wildman–Crippen MR) is 112 cm³/mol. The van der Waals surface area contributed by atoms with Gasteiger partial charge in [-0.2, -0.15) is 0 Å². The number of hydrogen-bond acceptors (Lipinski definition) is 4. The number of hydrogen-bond donors (Lipinski definition) is 1. The van der Waals surface area contributed by atoms with Crippen molar-refractivity contribution in [1.82, 2.24) is 0 Å². The molecule has 2 aromatic rings. The molecule has 6 heteroatoms. The summed E-state index contributed by atoms with van der Waals surface area (Å²) in [5.41, 5.74) is 2.15. The van der Waals surface area contributed by atoms with Crippen LogP contribution < -0.4 is 10.2 Å². The number of rotatable bonds is 3. The van der Waals surface area contributed by atoms with Gasteiger partial charge in [-0.05, 0) is 49.6 Å². The van der Waals surface area contributed by atoms with Crippen LogP contribution in [0.3, 0.4) is 0 Å². The summed E-state index contributed by atoms with van der Waals surface area (Å²) in [6.45, 7) is 3.49. The van der Waals surface area contributed by atoms with Crippen molar-refractivity contribution in [2.24, 2.45) is 0 Å². The van der Waals surface area contributed by atoms with Gasteiger partial charge in [0.1, 0.15) is 6.10 Å². The van der Waals surface area contributed by atoms with Gasteiger partial charge in [0.2, 0.25) is 0 Å². The van der Waals surface area contributed by atoms with Crippen LogP contribution in [0.15, 0.2) is 53.4 Å². The third kappa shape index (κ3) is 4.08. The molecule has 0 radical (unpaired) electrons. The maximum atomic E-state index is 13.3. The van der Waals surface area contributed by atoms with Crippen molar-refractivity contribution >= 4 is 35.0 Å². The highest BCUT2D eigenvalue weighted by atomic mass is 32.2. The predicted octanol–water partition coefficient (Wildman–Crippen LogP) is 4.34. The molecular formula is C22H24N2O3S. The summed E-state index contributed by atoms with van der Waals surface area (Å²) in [5.74, 6) is -0.192. The second-order valence-electron chi connectivity index (χ2n) is 7.21. The van der Waals surface area contributed by atoms with Crippen LogP contribution in [0.25, 0.3) is 0 Å². The second-order valence-corrected chi connectivity index (χ2v) is 8.69. The quantitative estimate of drug-likeness (QED) is 0.839. The number of amides is 2. The molecule has 4 rings (SSSR count). The fourth-order valence-corrected chi connectivity index (χ4v) is 4.70. The van der Waals surface area contributed by atoms with E-state index >= 15 is 0 Å². The molecule has 1 saturated heterocycles. The van der Waals surface area contributed by atoms with Gasteiger partial charge in [0.15, 0.2) is 0 Å². The van der Waals surface area contributed by atoms with Crippen LogP contribution in [0, 0.1) is 0 Å². The summed E-state index contributed by atoms with van der Waals surface area (Å²) < 4.78 is 5.43. The van der Waals surface area contributed by atoms with Crippen LogP contribution in [0.5, 0.6) is 0 Å². The highest BCUT2D eigenvalue weighted by Crippen LogP contribution is 2.37. The molecule has 2 aliphatic rings. The molecule has 2 atom stereocenters. The Morgan fingerprint density at radius 1 is 1.14 bits per heavy atom. The lowest BCUT2D eigenvalue weighted by atomic mass is 10.1. The third-order valence-corrected chi connectivity index (χ3v) is 6.32. The summed E-state index contributed by atoms with van der Waals surface area (Å²) in [6.07, 6.45) is 2.18. The van der Waals surface area contributed by atoms with Crippen LogP contribution in [0.1, 0.15) is 36.5 Å². The first-order chi connectivity index (χ1) is 13.6. The summed E-state index contributed by atoms with van der Waals surface area (Å²) >= 11 is 1.81. The Kier molecular flexibility index (Phi) is 5.69. The van der Waals surface area contributed by atoms with Gasteiger partial charge >= 0.3 is 0 Å². The second kappa shape index (κ2) is 8.37. The van der Waals surface area contributed by atoms with Gasteiger partial charge < -0.3 is 15.0 Å². The number of nitrogens with zero attached hydrogens (tertiary/aromatic N) is 1. The molecule has 28 heavy (non-hydrogen) atoms. The molecule has 0 spiro atoms. The number of ether oxygens (including phenoxy) is 1. The van der Waals surface area contributed by atoms with E-state index in [2.05, 4.69) is 18.3 Å². The summed E-state index contributed by atoms with van der Waals surface area (Å²) in [5, 5.41) is 3.34. The number of anilines is 2. The zero-order chi connectivity index (χ0) is 19.5. The van der Waals surface area contributed by atoms with E-state index in [4.69, 9.17) is 4.74 Å². The van der Waals surface area contributed by atoms with Crippen molar-refractivity contribution in [1.29, 1.82) is 0 Å². The van der Waals surface area contributed by atoms with Crippen molar-refractivity contribution in [3.8, 4) is 0 Å². The Bertz CT molecular complexity index is 880. The maximum absolute atomic E-state index is 13.3. The summed E-state index contributed by atoms with van der Waals surface area (Å²) in [4.78, 5) is 28.6. The lowest BCUT2D eigenvalue weighted by Crippen LogP contribution is -2.32. The van der Waals surface area contributed by atoms with Crippen molar-refractivity contribution in [2.45, 2.75) is 42.4 Å². The topological polar surface area (TPSA) is 58.6 Å². The van der Waals surface area contributed by atoms with E-state index in [0.29, 0.717) is 29.7 Å². The van der Waals surface area contributed by atoms with E-state index < -0.39 is 6.10 Å². The van der Waals surface area contributed by atoms with E-state index in [1.165, 1.54) is 0 Å². The first-order valence-corrected chi connectivity index (χ1v) is 10.6. The molecule has 0 aliphatic carbocycles. The zero-order valence-corrected chi connectivity index (χ0v) is 16.7. The lowest BCUT2D eigenvalue weighted by Gasteiger charge is -2.23. The average molecular weight is 397 g/mol. The monoisotopic (exact) mass is 396 g/mol. The van der Waals surface area contributed by atoms with Gasteiger partial charge in [0, 0.05) is 34.5 Å². The summed E-state index contributed by atoms with van der Waals surface area (Å²) in [7, 11) is 0. The van der Waals surface area contributed by atoms with Gasteiger partial charge in [0.25, 0.3) is 11.8 Å². The van der Waals surface area contributed by atoms with Crippen LogP contribution in [-0.2, 0) is 9.53 Å². The lowest BCUT2D eigenvalue weighted by molar-refractivity contribution is -0.124. The van der Waals surface area contributed by atoms with Gasteiger partial charge in [-0.1, -0.05) is 25.1 Å². The van der Waals surface area contributed by atoms with E-state index in [0.717, 1.165) is 29.8 Å². The Hall–Kier alpha value is -2.31. The molecule has 1 N–H and O–H groups in total. The van der Waals surface area contributed by atoms with Crippen molar-refractivity contribution in [2.75, 3.05) is 23.4 Å². The fourth-order valence-electron chi connectivity index (χ4n) is 3.59. The highest BCUT2D eigenvalue weighted by molar-refractivity contribution is 8.00.